The van der Waals surface area contributed by atoms with Gasteiger partial charge in [-0.3, -0.25) is 14.5 Å². The highest BCUT2D eigenvalue weighted by atomic mass is 32.3. The summed E-state index contributed by atoms with van der Waals surface area (Å²) in [5.74, 6) is -2.00. The number of methoxy groups -OCH3 is 1. The van der Waals surface area contributed by atoms with Crippen LogP contribution in [-0.4, -0.2) is 44.7 Å². The molecule has 1 unspecified atom stereocenters. The van der Waals surface area contributed by atoms with Crippen LogP contribution < -0.4 is 4.90 Å². The fourth-order valence-electron chi connectivity index (χ4n) is 2.08. The lowest BCUT2D eigenvalue weighted by atomic mass is 10.1. The van der Waals surface area contributed by atoms with Crippen LogP contribution in [0.25, 0.3) is 0 Å². The second kappa shape index (κ2) is 6.06. The maximum atomic E-state index is 12.7. The van der Waals surface area contributed by atoms with Gasteiger partial charge in [0.15, 0.2) is 5.13 Å². The van der Waals surface area contributed by atoms with Crippen molar-refractivity contribution < 1.29 is 26.6 Å². The van der Waals surface area contributed by atoms with Crippen LogP contribution in [0.4, 0.5) is 9.02 Å². The number of carbonyl (C=O) groups excluding carboxylic acids is 2. The minimum absolute atomic E-state index is 0.00266. The van der Waals surface area contributed by atoms with E-state index >= 15 is 0 Å². The molecule has 116 valence electrons. The van der Waals surface area contributed by atoms with Crippen LogP contribution in [0.15, 0.2) is 5.38 Å². The molecule has 1 atom stereocenters. The van der Waals surface area contributed by atoms with E-state index in [0.717, 1.165) is 0 Å². The summed E-state index contributed by atoms with van der Waals surface area (Å²) in [7, 11) is -3.34. The zero-order chi connectivity index (χ0) is 15.6. The van der Waals surface area contributed by atoms with E-state index in [2.05, 4.69) is 9.72 Å². The Kier molecular flexibility index (Phi) is 4.57. The Hall–Kier alpha value is -1.55. The molecule has 0 aromatic carbocycles. The second-order valence-corrected chi connectivity index (χ2v) is 6.90. The molecule has 0 saturated carbocycles. The normalized spacial score (nSPS) is 19.0. The number of hydrogen-bond donors (Lipinski definition) is 0. The number of amides is 1. The lowest BCUT2D eigenvalue weighted by molar-refractivity contribution is -0.139. The summed E-state index contributed by atoms with van der Waals surface area (Å²) in [5, 5.41) is 2.00. The molecule has 2 rings (SSSR count). The molecule has 1 aliphatic heterocycles. The van der Waals surface area contributed by atoms with Crippen molar-refractivity contribution >= 4 is 38.6 Å². The van der Waals surface area contributed by atoms with E-state index in [-0.39, 0.29) is 25.3 Å². The van der Waals surface area contributed by atoms with Crippen LogP contribution in [0.1, 0.15) is 12.1 Å². The largest absolute Gasteiger partial charge is 0.469 e. The molecule has 1 amide bonds. The van der Waals surface area contributed by atoms with Crippen LogP contribution in [0, 0.1) is 5.92 Å². The van der Waals surface area contributed by atoms with E-state index in [1.807, 2.05) is 0 Å². The van der Waals surface area contributed by atoms with Crippen LogP contribution in [-0.2, 0) is 31.0 Å². The molecule has 21 heavy (non-hydrogen) atoms. The molecule has 10 heteroatoms. The molecule has 2 heterocycles. The first-order valence-corrected chi connectivity index (χ1v) is 8.45. The third kappa shape index (κ3) is 4.21. The summed E-state index contributed by atoms with van der Waals surface area (Å²) in [6, 6.07) is 0. The number of anilines is 1. The van der Waals surface area contributed by atoms with Gasteiger partial charge in [-0.25, -0.2) is 4.98 Å². The average Bonchev–Trinajstić information content (AvgIpc) is 2.94. The van der Waals surface area contributed by atoms with Gasteiger partial charge in [0.05, 0.1) is 25.0 Å². The van der Waals surface area contributed by atoms with Gasteiger partial charge in [0.25, 0.3) is 0 Å². The monoisotopic (exact) mass is 336 g/mol. The van der Waals surface area contributed by atoms with Crippen LogP contribution >= 0.6 is 11.3 Å². The molecule has 0 bridgehead atoms. The lowest BCUT2D eigenvalue weighted by Crippen LogP contribution is -2.25. The van der Waals surface area contributed by atoms with Crippen molar-refractivity contribution in [3.8, 4) is 0 Å². The number of rotatable bonds is 5. The van der Waals surface area contributed by atoms with Crippen LogP contribution in [0.3, 0.4) is 0 Å². The minimum atomic E-state index is -4.61. The van der Waals surface area contributed by atoms with E-state index in [4.69, 9.17) is 0 Å². The second-order valence-electron chi connectivity index (χ2n) is 4.65. The van der Waals surface area contributed by atoms with Crippen molar-refractivity contribution in [1.82, 2.24) is 4.98 Å². The predicted octanol–water partition coefficient (Wildman–Crippen LogP) is 0.511. The molecule has 0 N–H and O–H groups in total. The van der Waals surface area contributed by atoms with Gasteiger partial charge in [-0.1, -0.05) is 0 Å². The molecular formula is C11H13FN2O5S2. The van der Waals surface area contributed by atoms with E-state index < -0.39 is 27.9 Å². The molecule has 0 aliphatic carbocycles. The third-order valence-electron chi connectivity index (χ3n) is 2.96. The van der Waals surface area contributed by atoms with Crippen molar-refractivity contribution in [1.29, 1.82) is 0 Å². The number of nitrogens with zero attached hydrogens (tertiary/aromatic N) is 2. The van der Waals surface area contributed by atoms with Crippen molar-refractivity contribution in [3.63, 3.8) is 0 Å². The van der Waals surface area contributed by atoms with Gasteiger partial charge in [-0.15, -0.1) is 15.2 Å². The predicted molar refractivity (Wildman–Crippen MR) is 73.2 cm³/mol. The van der Waals surface area contributed by atoms with Crippen molar-refractivity contribution in [2.45, 2.75) is 12.8 Å². The molecule has 0 radical (unpaired) electrons. The van der Waals surface area contributed by atoms with Gasteiger partial charge in [-0.05, 0) is 0 Å². The molecule has 0 spiro atoms. The summed E-state index contributed by atoms with van der Waals surface area (Å²) in [6.45, 7) is 0.104. The first-order chi connectivity index (χ1) is 9.78. The molecule has 1 aromatic heterocycles. The smallest absolute Gasteiger partial charge is 0.311 e. The number of halogens is 1. The Morgan fingerprint density at radius 3 is 2.95 bits per heavy atom. The number of thiazole rings is 1. The molecule has 1 aliphatic rings. The highest BCUT2D eigenvalue weighted by Gasteiger charge is 2.35. The number of hydrogen-bond acceptors (Lipinski definition) is 7. The van der Waals surface area contributed by atoms with Gasteiger partial charge < -0.3 is 4.74 Å². The molecular weight excluding hydrogens is 323 g/mol. The number of aromatic nitrogens is 1. The number of esters is 1. The summed E-state index contributed by atoms with van der Waals surface area (Å²) in [6.07, 6.45) is -0.0353. The Bertz CT molecular complexity index is 657. The Morgan fingerprint density at radius 2 is 2.33 bits per heavy atom. The van der Waals surface area contributed by atoms with Gasteiger partial charge >= 0.3 is 16.2 Å². The highest BCUT2D eigenvalue weighted by molar-refractivity contribution is 7.86. The van der Waals surface area contributed by atoms with E-state index in [1.165, 1.54) is 23.3 Å². The zero-order valence-corrected chi connectivity index (χ0v) is 12.7. The van der Waals surface area contributed by atoms with E-state index in [9.17, 15) is 21.9 Å². The molecule has 1 saturated heterocycles. The lowest BCUT2D eigenvalue weighted by Gasteiger charge is -2.12. The van der Waals surface area contributed by atoms with Gasteiger partial charge in [0, 0.05) is 24.3 Å². The van der Waals surface area contributed by atoms with Crippen LogP contribution in [0.5, 0.6) is 0 Å². The van der Waals surface area contributed by atoms with E-state index in [1.54, 1.807) is 5.38 Å². The van der Waals surface area contributed by atoms with Crippen molar-refractivity contribution in [2.24, 2.45) is 5.92 Å². The van der Waals surface area contributed by atoms with Crippen molar-refractivity contribution in [3.05, 3.63) is 11.1 Å². The Labute approximate surface area is 124 Å². The number of ether oxygens (including phenoxy) is 1. The van der Waals surface area contributed by atoms with Gasteiger partial charge in [-0.2, -0.15) is 8.42 Å². The quantitative estimate of drug-likeness (QED) is 0.574. The van der Waals surface area contributed by atoms with Gasteiger partial charge in [0.1, 0.15) is 0 Å². The molecule has 1 aromatic rings. The summed E-state index contributed by atoms with van der Waals surface area (Å²) < 4.78 is 38.4. The summed E-state index contributed by atoms with van der Waals surface area (Å²) >= 11 is 1.17. The van der Waals surface area contributed by atoms with Gasteiger partial charge in [0.2, 0.25) is 5.91 Å². The fourth-order valence-corrected chi connectivity index (χ4v) is 3.72. The van der Waals surface area contributed by atoms with E-state index in [0.29, 0.717) is 10.8 Å². The maximum absolute atomic E-state index is 12.7. The maximum Gasteiger partial charge on any atom is 0.311 e. The summed E-state index contributed by atoms with van der Waals surface area (Å²) in [4.78, 5) is 28.4. The Morgan fingerprint density at radius 1 is 1.62 bits per heavy atom. The standard InChI is InChI=1S/C11H13FN2O5S2/c1-19-10(16)3-8-5-20-11(13-8)14-4-7(2-9(14)15)6-21(12,17)18/h5,7H,2-4,6H2,1H3. The summed E-state index contributed by atoms with van der Waals surface area (Å²) in [5.41, 5.74) is 0.469. The first kappa shape index (κ1) is 15.8. The number of carbonyl (C=O) groups is 2. The van der Waals surface area contributed by atoms with Crippen molar-refractivity contribution in [2.75, 3.05) is 24.3 Å². The third-order valence-corrected chi connectivity index (χ3v) is 4.75. The first-order valence-electron chi connectivity index (χ1n) is 6.02. The highest BCUT2D eigenvalue weighted by Crippen LogP contribution is 2.29. The molecule has 1 fully saturated rings. The fraction of sp³-hybridized carbons (Fsp3) is 0.545. The Balaban J connectivity index is 2.05. The average molecular weight is 336 g/mol. The SMILES string of the molecule is COC(=O)Cc1csc(N2CC(CS(=O)(=O)F)CC2=O)n1. The molecule has 7 nitrogen and oxygen atoms in total. The van der Waals surface area contributed by atoms with Crippen LogP contribution in [0.2, 0.25) is 0 Å². The topological polar surface area (TPSA) is 93.6 Å². The zero-order valence-electron chi connectivity index (χ0n) is 11.1. The minimum Gasteiger partial charge on any atom is -0.469 e.